The SMILES string of the molecule is COc1cccc(-c2nsc(NC(=O)C3COc4ccccc4O3)n2)c1. The Morgan fingerprint density at radius 3 is 2.92 bits per heavy atom. The standard InChI is InChI=1S/C18H15N3O4S/c1-23-12-6-4-5-11(9-12)16-19-18(26-21-16)20-17(22)15-10-24-13-7-2-3-8-14(13)25-15/h2-9,15H,10H2,1H3,(H,19,20,21,22). The van der Waals surface area contributed by atoms with Gasteiger partial charge in [-0.25, -0.2) is 0 Å². The molecule has 0 radical (unpaired) electrons. The van der Waals surface area contributed by atoms with Crippen LogP contribution in [-0.2, 0) is 4.79 Å². The van der Waals surface area contributed by atoms with Gasteiger partial charge in [-0.05, 0) is 24.3 Å². The predicted octanol–water partition coefficient (Wildman–Crippen LogP) is 2.99. The van der Waals surface area contributed by atoms with Crippen molar-refractivity contribution in [2.75, 3.05) is 19.0 Å². The van der Waals surface area contributed by atoms with Crippen LogP contribution in [0.1, 0.15) is 0 Å². The van der Waals surface area contributed by atoms with Gasteiger partial charge in [-0.3, -0.25) is 10.1 Å². The first-order valence-electron chi connectivity index (χ1n) is 7.90. The molecule has 2 aromatic carbocycles. The van der Waals surface area contributed by atoms with Gasteiger partial charge in [-0.2, -0.15) is 9.36 Å². The third-order valence-electron chi connectivity index (χ3n) is 3.79. The molecule has 0 bridgehead atoms. The van der Waals surface area contributed by atoms with E-state index in [1.807, 2.05) is 36.4 Å². The van der Waals surface area contributed by atoms with Gasteiger partial charge in [0, 0.05) is 17.1 Å². The Hall–Kier alpha value is -3.13. The number of fused-ring (bicyclic) bond motifs is 1. The number of carbonyl (C=O) groups is 1. The summed E-state index contributed by atoms with van der Waals surface area (Å²) in [6.45, 7) is 0.143. The van der Waals surface area contributed by atoms with Gasteiger partial charge in [0.25, 0.3) is 5.91 Å². The maximum atomic E-state index is 12.4. The second-order valence-corrected chi connectivity index (χ2v) is 6.26. The van der Waals surface area contributed by atoms with Gasteiger partial charge in [0.2, 0.25) is 11.2 Å². The Bertz CT molecular complexity index is 943. The first-order valence-corrected chi connectivity index (χ1v) is 8.68. The van der Waals surface area contributed by atoms with Gasteiger partial charge in [0.1, 0.15) is 12.4 Å². The Morgan fingerprint density at radius 2 is 2.08 bits per heavy atom. The van der Waals surface area contributed by atoms with E-state index >= 15 is 0 Å². The van der Waals surface area contributed by atoms with Gasteiger partial charge in [-0.15, -0.1) is 0 Å². The monoisotopic (exact) mass is 369 g/mol. The zero-order valence-electron chi connectivity index (χ0n) is 13.8. The highest BCUT2D eigenvalue weighted by Gasteiger charge is 2.28. The molecule has 1 aromatic heterocycles. The molecule has 8 heteroatoms. The predicted molar refractivity (Wildman–Crippen MR) is 96.9 cm³/mol. The van der Waals surface area contributed by atoms with E-state index in [1.165, 1.54) is 0 Å². The lowest BCUT2D eigenvalue weighted by molar-refractivity contribution is -0.125. The highest BCUT2D eigenvalue weighted by molar-refractivity contribution is 7.10. The lowest BCUT2D eigenvalue weighted by Gasteiger charge is -2.25. The average Bonchev–Trinajstić information content (AvgIpc) is 3.16. The molecule has 1 N–H and O–H groups in total. The van der Waals surface area contributed by atoms with Crippen molar-refractivity contribution >= 4 is 22.6 Å². The van der Waals surface area contributed by atoms with Crippen LogP contribution in [0.4, 0.5) is 5.13 Å². The van der Waals surface area contributed by atoms with Crippen LogP contribution in [0.2, 0.25) is 0 Å². The third kappa shape index (κ3) is 3.31. The van der Waals surface area contributed by atoms with Crippen LogP contribution >= 0.6 is 11.5 Å². The number of nitrogens with one attached hydrogen (secondary N) is 1. The largest absolute Gasteiger partial charge is 0.497 e. The van der Waals surface area contributed by atoms with E-state index in [9.17, 15) is 4.79 Å². The van der Waals surface area contributed by atoms with E-state index in [0.717, 1.165) is 17.1 Å². The summed E-state index contributed by atoms with van der Waals surface area (Å²) in [7, 11) is 1.60. The van der Waals surface area contributed by atoms with Crippen LogP contribution in [0.15, 0.2) is 48.5 Å². The van der Waals surface area contributed by atoms with Gasteiger partial charge in [-0.1, -0.05) is 24.3 Å². The molecule has 26 heavy (non-hydrogen) atoms. The van der Waals surface area contributed by atoms with Crippen molar-refractivity contribution in [3.63, 3.8) is 0 Å². The maximum Gasteiger partial charge on any atom is 0.270 e. The Kier molecular flexibility index (Phi) is 4.40. The minimum atomic E-state index is -0.742. The Labute approximate surface area is 153 Å². The highest BCUT2D eigenvalue weighted by Crippen LogP contribution is 2.31. The number of methoxy groups -OCH3 is 1. The summed E-state index contributed by atoms with van der Waals surface area (Å²) in [4.78, 5) is 16.8. The number of hydrogen-bond acceptors (Lipinski definition) is 7. The summed E-state index contributed by atoms with van der Waals surface area (Å²) in [5, 5.41) is 3.13. The number of anilines is 1. The van der Waals surface area contributed by atoms with Gasteiger partial charge < -0.3 is 14.2 Å². The number of benzene rings is 2. The highest BCUT2D eigenvalue weighted by atomic mass is 32.1. The fraction of sp³-hybridized carbons (Fsp3) is 0.167. The molecule has 1 amide bonds. The summed E-state index contributed by atoms with van der Waals surface area (Å²) < 4.78 is 20.7. The first kappa shape index (κ1) is 16.3. The summed E-state index contributed by atoms with van der Waals surface area (Å²) in [6, 6.07) is 14.7. The molecule has 0 saturated heterocycles. The molecule has 1 aliphatic rings. The molecule has 0 aliphatic carbocycles. The number of ether oxygens (including phenoxy) is 3. The van der Waals surface area contributed by atoms with E-state index in [4.69, 9.17) is 14.2 Å². The summed E-state index contributed by atoms with van der Waals surface area (Å²) in [5.41, 5.74) is 0.812. The summed E-state index contributed by atoms with van der Waals surface area (Å²) >= 11 is 1.11. The topological polar surface area (TPSA) is 82.6 Å². The molecule has 0 spiro atoms. The van der Waals surface area contributed by atoms with E-state index in [0.29, 0.717) is 28.2 Å². The summed E-state index contributed by atoms with van der Waals surface area (Å²) in [5.74, 6) is 2.10. The van der Waals surface area contributed by atoms with Crippen LogP contribution in [0.25, 0.3) is 11.4 Å². The smallest absolute Gasteiger partial charge is 0.270 e. The fourth-order valence-corrected chi connectivity index (χ4v) is 3.08. The van der Waals surface area contributed by atoms with Crippen molar-refractivity contribution in [3.05, 3.63) is 48.5 Å². The van der Waals surface area contributed by atoms with Crippen molar-refractivity contribution in [1.82, 2.24) is 9.36 Å². The van der Waals surface area contributed by atoms with Crippen LogP contribution < -0.4 is 19.5 Å². The van der Waals surface area contributed by atoms with Crippen molar-refractivity contribution in [2.45, 2.75) is 6.10 Å². The maximum absolute atomic E-state index is 12.4. The van der Waals surface area contributed by atoms with E-state index < -0.39 is 6.10 Å². The second-order valence-electron chi connectivity index (χ2n) is 5.51. The fourth-order valence-electron chi connectivity index (χ4n) is 2.49. The third-order valence-corrected chi connectivity index (χ3v) is 4.42. The van der Waals surface area contributed by atoms with Crippen molar-refractivity contribution < 1.29 is 19.0 Å². The Balaban J connectivity index is 1.45. The number of nitrogens with zero attached hydrogens (tertiary/aromatic N) is 2. The van der Waals surface area contributed by atoms with Crippen molar-refractivity contribution in [2.24, 2.45) is 0 Å². The normalized spacial score (nSPS) is 15.3. The Morgan fingerprint density at radius 1 is 1.23 bits per heavy atom. The number of hydrogen-bond donors (Lipinski definition) is 1. The number of carbonyl (C=O) groups excluding carboxylic acids is 1. The van der Waals surface area contributed by atoms with Crippen LogP contribution in [0.5, 0.6) is 17.2 Å². The van der Waals surface area contributed by atoms with E-state index in [-0.39, 0.29) is 12.5 Å². The summed E-state index contributed by atoms with van der Waals surface area (Å²) in [6.07, 6.45) is -0.742. The van der Waals surface area contributed by atoms with Crippen LogP contribution in [0.3, 0.4) is 0 Å². The second kappa shape index (κ2) is 7.01. The number of rotatable bonds is 4. The average molecular weight is 369 g/mol. The van der Waals surface area contributed by atoms with Gasteiger partial charge in [0.15, 0.2) is 17.3 Å². The lowest BCUT2D eigenvalue weighted by atomic mass is 10.2. The molecule has 0 fully saturated rings. The zero-order chi connectivity index (χ0) is 17.9. The number of para-hydroxylation sites is 2. The van der Waals surface area contributed by atoms with E-state index in [2.05, 4.69) is 14.7 Å². The van der Waals surface area contributed by atoms with Gasteiger partial charge >= 0.3 is 0 Å². The van der Waals surface area contributed by atoms with Crippen LogP contribution in [0, 0.1) is 0 Å². The minimum Gasteiger partial charge on any atom is -0.497 e. The quantitative estimate of drug-likeness (QED) is 0.761. The van der Waals surface area contributed by atoms with Crippen molar-refractivity contribution in [3.8, 4) is 28.6 Å². The lowest BCUT2D eigenvalue weighted by Crippen LogP contribution is -2.40. The molecular formula is C18H15N3O4S. The molecule has 1 unspecified atom stereocenters. The molecule has 2 heterocycles. The number of aromatic nitrogens is 2. The molecule has 1 atom stereocenters. The molecule has 4 rings (SSSR count). The van der Waals surface area contributed by atoms with E-state index in [1.54, 1.807) is 19.2 Å². The molecular weight excluding hydrogens is 354 g/mol. The van der Waals surface area contributed by atoms with Crippen molar-refractivity contribution in [1.29, 1.82) is 0 Å². The number of amides is 1. The molecule has 3 aromatic rings. The molecule has 7 nitrogen and oxygen atoms in total. The van der Waals surface area contributed by atoms with Crippen LogP contribution in [-0.4, -0.2) is 35.1 Å². The van der Waals surface area contributed by atoms with Gasteiger partial charge in [0.05, 0.1) is 7.11 Å². The minimum absolute atomic E-state index is 0.143. The molecule has 132 valence electrons. The first-order chi connectivity index (χ1) is 12.7. The zero-order valence-corrected chi connectivity index (χ0v) is 14.7. The molecule has 0 saturated carbocycles. The molecule has 1 aliphatic heterocycles.